The Bertz CT molecular complexity index is 576. The van der Waals surface area contributed by atoms with Gasteiger partial charge in [-0.15, -0.1) is 0 Å². The molecule has 2 rings (SSSR count). The van der Waals surface area contributed by atoms with E-state index in [1.807, 2.05) is 60.7 Å². The molecule has 0 amide bonds. The lowest BCUT2D eigenvalue weighted by molar-refractivity contribution is -0.146. The molecule has 3 heteroatoms. The lowest BCUT2D eigenvalue weighted by Gasteiger charge is -2.07. The molecule has 0 radical (unpaired) electrons. The summed E-state index contributed by atoms with van der Waals surface area (Å²) in [7, 11) is 0. The molecule has 1 unspecified atom stereocenters. The van der Waals surface area contributed by atoms with Gasteiger partial charge in [-0.25, -0.2) is 0 Å². The largest absolute Gasteiger partial charge is 0.461 e. The molecule has 0 saturated heterocycles. The Kier molecular flexibility index (Phi) is 5.73. The zero-order valence-electron chi connectivity index (χ0n) is 11.7. The molecule has 108 valence electrons. The van der Waals surface area contributed by atoms with Crippen LogP contribution in [0.5, 0.6) is 0 Å². The van der Waals surface area contributed by atoms with Gasteiger partial charge in [0.05, 0.1) is 12.5 Å². The monoisotopic (exact) mass is 282 g/mol. The van der Waals surface area contributed by atoms with Crippen LogP contribution in [-0.2, 0) is 16.1 Å². The van der Waals surface area contributed by atoms with Gasteiger partial charge in [0.2, 0.25) is 0 Å². The van der Waals surface area contributed by atoms with Crippen molar-refractivity contribution in [2.45, 2.75) is 19.1 Å². The molecular formula is C18H18O3. The number of ether oxygens (including phenoxy) is 1. The quantitative estimate of drug-likeness (QED) is 0.828. The first-order valence-electron chi connectivity index (χ1n) is 6.85. The first-order valence-corrected chi connectivity index (χ1v) is 6.85. The molecule has 0 fully saturated rings. The predicted molar refractivity (Wildman–Crippen MR) is 82.3 cm³/mol. The Morgan fingerprint density at radius 3 is 2.33 bits per heavy atom. The van der Waals surface area contributed by atoms with E-state index in [4.69, 9.17) is 4.74 Å². The number of hydrogen-bond acceptors (Lipinski definition) is 3. The third-order valence-corrected chi connectivity index (χ3v) is 2.93. The normalized spacial score (nSPS) is 12.2. The number of aliphatic hydroxyl groups is 1. The summed E-state index contributed by atoms with van der Waals surface area (Å²) in [5, 5.41) is 9.79. The van der Waals surface area contributed by atoms with E-state index in [9.17, 15) is 9.90 Å². The van der Waals surface area contributed by atoms with E-state index in [0.717, 1.165) is 11.1 Å². The van der Waals surface area contributed by atoms with E-state index in [0.29, 0.717) is 0 Å². The minimum absolute atomic E-state index is 0.0455. The van der Waals surface area contributed by atoms with Gasteiger partial charge in [0.15, 0.2) is 0 Å². The molecule has 0 heterocycles. The summed E-state index contributed by atoms with van der Waals surface area (Å²) in [6.45, 7) is 0.231. The Morgan fingerprint density at radius 1 is 1.05 bits per heavy atom. The van der Waals surface area contributed by atoms with Crippen LogP contribution in [-0.4, -0.2) is 17.2 Å². The molecule has 0 aliphatic rings. The van der Waals surface area contributed by atoms with E-state index in [1.165, 1.54) is 0 Å². The van der Waals surface area contributed by atoms with Crippen molar-refractivity contribution >= 4 is 12.0 Å². The fourth-order valence-electron chi connectivity index (χ4n) is 1.82. The molecule has 0 aliphatic heterocycles. The average molecular weight is 282 g/mol. The van der Waals surface area contributed by atoms with Crippen molar-refractivity contribution in [2.24, 2.45) is 0 Å². The van der Waals surface area contributed by atoms with Crippen molar-refractivity contribution in [2.75, 3.05) is 0 Å². The van der Waals surface area contributed by atoms with E-state index < -0.39 is 12.1 Å². The highest BCUT2D eigenvalue weighted by molar-refractivity contribution is 5.70. The Hall–Kier alpha value is -2.39. The number of aliphatic hydroxyl groups excluding tert-OH is 1. The maximum atomic E-state index is 11.6. The van der Waals surface area contributed by atoms with Crippen LogP contribution < -0.4 is 0 Å². The highest BCUT2D eigenvalue weighted by Gasteiger charge is 2.09. The van der Waals surface area contributed by atoms with Crippen LogP contribution in [0.4, 0.5) is 0 Å². The minimum atomic E-state index is -0.839. The van der Waals surface area contributed by atoms with Crippen molar-refractivity contribution in [3.05, 3.63) is 77.9 Å². The summed E-state index contributed by atoms with van der Waals surface area (Å²) in [6, 6.07) is 19.1. The summed E-state index contributed by atoms with van der Waals surface area (Å²) in [4.78, 5) is 11.6. The van der Waals surface area contributed by atoms with Gasteiger partial charge >= 0.3 is 5.97 Å². The van der Waals surface area contributed by atoms with Crippen LogP contribution in [0, 0.1) is 0 Å². The fraction of sp³-hybridized carbons (Fsp3) is 0.167. The zero-order valence-corrected chi connectivity index (χ0v) is 11.7. The van der Waals surface area contributed by atoms with Crippen molar-refractivity contribution in [3.8, 4) is 0 Å². The molecule has 3 nitrogen and oxygen atoms in total. The lowest BCUT2D eigenvalue weighted by atomic mass is 10.1. The van der Waals surface area contributed by atoms with Gasteiger partial charge in [-0.3, -0.25) is 4.79 Å². The molecule has 0 spiro atoms. The van der Waals surface area contributed by atoms with Crippen LogP contribution >= 0.6 is 0 Å². The molecular weight excluding hydrogens is 264 g/mol. The highest BCUT2D eigenvalue weighted by Crippen LogP contribution is 2.06. The predicted octanol–water partition coefficient (Wildman–Crippen LogP) is 3.19. The number of benzene rings is 2. The number of carbonyl (C=O) groups is 1. The number of rotatable bonds is 6. The molecule has 21 heavy (non-hydrogen) atoms. The van der Waals surface area contributed by atoms with E-state index >= 15 is 0 Å². The third-order valence-electron chi connectivity index (χ3n) is 2.93. The van der Waals surface area contributed by atoms with Crippen LogP contribution in [0.15, 0.2) is 66.7 Å². The van der Waals surface area contributed by atoms with Gasteiger partial charge in [-0.05, 0) is 11.1 Å². The zero-order chi connectivity index (χ0) is 14.9. The van der Waals surface area contributed by atoms with Crippen molar-refractivity contribution in [1.82, 2.24) is 0 Å². The maximum absolute atomic E-state index is 11.6. The topological polar surface area (TPSA) is 46.5 Å². The second-order valence-corrected chi connectivity index (χ2v) is 4.69. The smallest absolute Gasteiger partial charge is 0.309 e. The van der Waals surface area contributed by atoms with Crippen LogP contribution in [0.3, 0.4) is 0 Å². The third kappa shape index (κ3) is 5.63. The fourth-order valence-corrected chi connectivity index (χ4v) is 1.82. The Labute approximate surface area is 124 Å². The van der Waals surface area contributed by atoms with Gasteiger partial charge in [0.1, 0.15) is 6.61 Å². The molecule has 2 aromatic carbocycles. The van der Waals surface area contributed by atoms with Crippen LogP contribution in [0.2, 0.25) is 0 Å². The Balaban J connectivity index is 1.76. The van der Waals surface area contributed by atoms with Gasteiger partial charge < -0.3 is 9.84 Å². The van der Waals surface area contributed by atoms with Gasteiger partial charge in [-0.1, -0.05) is 72.8 Å². The van der Waals surface area contributed by atoms with Crippen LogP contribution in [0.25, 0.3) is 6.08 Å². The molecule has 2 aromatic rings. The van der Waals surface area contributed by atoms with E-state index in [1.54, 1.807) is 12.2 Å². The molecule has 1 atom stereocenters. The average Bonchev–Trinajstić information content (AvgIpc) is 2.53. The second kappa shape index (κ2) is 8.02. The molecule has 1 N–H and O–H groups in total. The number of hydrogen-bond donors (Lipinski definition) is 1. The van der Waals surface area contributed by atoms with E-state index in [-0.39, 0.29) is 13.0 Å². The van der Waals surface area contributed by atoms with Gasteiger partial charge in [0, 0.05) is 0 Å². The van der Waals surface area contributed by atoms with Crippen molar-refractivity contribution in [3.63, 3.8) is 0 Å². The summed E-state index contributed by atoms with van der Waals surface area (Å²) in [5.41, 5.74) is 1.91. The maximum Gasteiger partial charge on any atom is 0.309 e. The minimum Gasteiger partial charge on any atom is -0.461 e. The highest BCUT2D eigenvalue weighted by atomic mass is 16.5. The van der Waals surface area contributed by atoms with Crippen molar-refractivity contribution in [1.29, 1.82) is 0 Å². The summed E-state index contributed by atoms with van der Waals surface area (Å²) >= 11 is 0. The van der Waals surface area contributed by atoms with Crippen molar-refractivity contribution < 1.29 is 14.6 Å². The second-order valence-electron chi connectivity index (χ2n) is 4.69. The summed E-state index contributed by atoms with van der Waals surface area (Å²) < 4.78 is 5.12. The Morgan fingerprint density at radius 2 is 1.67 bits per heavy atom. The van der Waals surface area contributed by atoms with Crippen LogP contribution in [0.1, 0.15) is 17.5 Å². The molecule has 0 aromatic heterocycles. The summed E-state index contributed by atoms with van der Waals surface area (Å²) in [6.07, 6.45) is 2.50. The number of esters is 1. The standard InChI is InChI=1S/C18H18O3/c19-17(12-11-15-7-3-1-4-8-15)13-18(20)21-14-16-9-5-2-6-10-16/h1-12,17,19H,13-14H2/b12-11+. The van der Waals surface area contributed by atoms with Gasteiger partial charge in [-0.2, -0.15) is 0 Å². The first kappa shape index (κ1) is 15.0. The summed E-state index contributed by atoms with van der Waals surface area (Å²) in [5.74, 6) is -0.413. The lowest BCUT2D eigenvalue weighted by Crippen LogP contribution is -2.13. The molecule has 0 bridgehead atoms. The molecule has 0 saturated carbocycles. The molecule has 0 aliphatic carbocycles. The first-order chi connectivity index (χ1) is 10.2. The van der Waals surface area contributed by atoms with E-state index in [2.05, 4.69) is 0 Å². The number of carbonyl (C=O) groups excluding carboxylic acids is 1. The SMILES string of the molecule is O=C(CC(O)/C=C/c1ccccc1)OCc1ccccc1. The van der Waals surface area contributed by atoms with Gasteiger partial charge in [0.25, 0.3) is 0 Å².